The normalized spacial score (nSPS) is 12.5. The summed E-state index contributed by atoms with van der Waals surface area (Å²) in [5.74, 6) is 0.699. The molecule has 2 nitrogen and oxygen atoms in total. The zero-order valence-electron chi connectivity index (χ0n) is 39.6. The highest BCUT2D eigenvalue weighted by molar-refractivity contribution is 6.15. The van der Waals surface area contributed by atoms with E-state index in [2.05, 4.69) is 250 Å². The molecule has 334 valence electrons. The Morgan fingerprint density at radius 1 is 0.268 bits per heavy atom. The van der Waals surface area contributed by atoms with Crippen LogP contribution in [0.5, 0.6) is 0 Å². The van der Waals surface area contributed by atoms with E-state index in [1.54, 1.807) is 0 Å². The average Bonchev–Trinajstić information content (AvgIpc) is 3.68. The van der Waals surface area contributed by atoms with E-state index >= 15 is 0 Å². The lowest BCUT2D eigenvalue weighted by Crippen LogP contribution is -2.14. The van der Waals surface area contributed by atoms with Crippen LogP contribution >= 0.6 is 0 Å². The number of benzene rings is 11. The topological polar surface area (TPSA) is 25.8 Å². The molecular formula is C69H48N2. The number of nitrogens with zero attached hydrogens (tertiary/aromatic N) is 2. The van der Waals surface area contributed by atoms with Crippen molar-refractivity contribution in [1.29, 1.82) is 0 Å². The van der Waals surface area contributed by atoms with E-state index in [9.17, 15) is 0 Å². The molecule has 0 spiro atoms. The lowest BCUT2D eigenvalue weighted by atomic mass is 9.81. The lowest BCUT2D eigenvalue weighted by molar-refractivity contribution is 0.660. The quantitative estimate of drug-likeness (QED) is 0.152. The molecule has 0 saturated carbocycles. The summed E-state index contributed by atoms with van der Waals surface area (Å²) in [5, 5.41) is 4.86. The Hall–Kier alpha value is -8.98. The van der Waals surface area contributed by atoms with Crippen LogP contribution in [0.25, 0.3) is 122 Å². The molecule has 0 atom stereocenters. The fourth-order valence-corrected chi connectivity index (χ4v) is 11.0. The van der Waals surface area contributed by atoms with Crippen molar-refractivity contribution in [3.05, 3.63) is 266 Å². The summed E-state index contributed by atoms with van der Waals surface area (Å²) in [6.45, 7) is 4.70. The van der Waals surface area contributed by atoms with Crippen LogP contribution in [0.1, 0.15) is 25.0 Å². The SMILES string of the molecule is CC1(C)c2ccccc2-c2ccc(-c3ccc(-c4ccc5ccccc5c4-c4c(-c5ccc(-c6cc(-c7ccc(-c8ccccc8)cc7)nc(-c7ccccc7)n6)cc5)ccc5ccccc45)cc3)cc21. The third-order valence-electron chi connectivity index (χ3n) is 14.8. The predicted octanol–water partition coefficient (Wildman–Crippen LogP) is 18.4. The number of rotatable bonds is 8. The smallest absolute Gasteiger partial charge is 0.160 e. The molecule has 0 amide bonds. The highest BCUT2D eigenvalue weighted by Gasteiger charge is 2.35. The summed E-state index contributed by atoms with van der Waals surface area (Å²) >= 11 is 0. The van der Waals surface area contributed by atoms with E-state index in [4.69, 9.17) is 9.97 Å². The molecule has 0 bridgehead atoms. The monoisotopic (exact) mass is 904 g/mol. The first-order chi connectivity index (χ1) is 34.9. The van der Waals surface area contributed by atoms with Crippen molar-refractivity contribution >= 4 is 21.5 Å². The van der Waals surface area contributed by atoms with Gasteiger partial charge in [0.1, 0.15) is 0 Å². The second kappa shape index (κ2) is 17.2. The van der Waals surface area contributed by atoms with Crippen molar-refractivity contribution in [1.82, 2.24) is 9.97 Å². The van der Waals surface area contributed by atoms with Crippen LogP contribution in [0.15, 0.2) is 255 Å². The Morgan fingerprint density at radius 3 is 1.23 bits per heavy atom. The molecule has 0 radical (unpaired) electrons. The molecule has 0 unspecified atom stereocenters. The lowest BCUT2D eigenvalue weighted by Gasteiger charge is -2.22. The molecule has 1 aromatic heterocycles. The summed E-state index contributed by atoms with van der Waals surface area (Å²) in [6, 6.07) is 92.5. The van der Waals surface area contributed by atoms with Gasteiger partial charge in [-0.2, -0.15) is 0 Å². The standard InChI is InChI=1S/C69H48N2/c1-69(2)62-24-14-13-23-60(62)61-42-39-55(43-63(61)69)47-25-29-50(30-26-47)58-40-37-48-17-9-11-21-56(48)66(58)67-57-22-12-10-18-49(57)38-41-59(67)51-31-35-53(36-32-51)65-44-64(70-68(71-65)54-19-7-4-8-20-54)52-33-27-46(28-34-52)45-15-5-3-6-16-45/h3-44H,1-2H3. The summed E-state index contributed by atoms with van der Waals surface area (Å²) in [7, 11) is 0. The fraction of sp³-hybridized carbons (Fsp3) is 0.0435. The van der Waals surface area contributed by atoms with Crippen LogP contribution < -0.4 is 0 Å². The van der Waals surface area contributed by atoms with E-state index < -0.39 is 0 Å². The van der Waals surface area contributed by atoms with Gasteiger partial charge in [0.05, 0.1) is 11.4 Å². The maximum Gasteiger partial charge on any atom is 0.160 e. The van der Waals surface area contributed by atoms with Gasteiger partial charge < -0.3 is 0 Å². The van der Waals surface area contributed by atoms with Crippen molar-refractivity contribution in [3.63, 3.8) is 0 Å². The minimum Gasteiger partial charge on any atom is -0.228 e. The Labute approximate surface area is 415 Å². The van der Waals surface area contributed by atoms with Gasteiger partial charge in [0.25, 0.3) is 0 Å². The molecule has 2 heteroatoms. The van der Waals surface area contributed by atoms with Gasteiger partial charge in [-0.1, -0.05) is 257 Å². The summed E-state index contributed by atoms with van der Waals surface area (Å²) < 4.78 is 0. The van der Waals surface area contributed by atoms with Gasteiger partial charge in [-0.25, -0.2) is 9.97 Å². The average molecular weight is 905 g/mol. The Bertz CT molecular complexity index is 3960. The van der Waals surface area contributed by atoms with Gasteiger partial charge in [-0.3, -0.25) is 0 Å². The van der Waals surface area contributed by atoms with E-state index in [1.165, 1.54) is 93.9 Å². The zero-order valence-corrected chi connectivity index (χ0v) is 39.6. The van der Waals surface area contributed by atoms with Crippen molar-refractivity contribution < 1.29 is 0 Å². The molecule has 0 aliphatic heterocycles. The molecule has 1 aliphatic rings. The Balaban J connectivity index is 0.910. The second-order valence-corrected chi connectivity index (χ2v) is 19.3. The van der Waals surface area contributed by atoms with E-state index in [1.807, 2.05) is 18.2 Å². The number of hydrogen-bond donors (Lipinski definition) is 0. The largest absolute Gasteiger partial charge is 0.228 e. The van der Waals surface area contributed by atoms with Crippen molar-refractivity contribution in [2.24, 2.45) is 0 Å². The van der Waals surface area contributed by atoms with E-state index in [0.29, 0.717) is 5.82 Å². The van der Waals surface area contributed by atoms with Gasteiger partial charge in [-0.05, 0) is 112 Å². The molecule has 1 heterocycles. The molecule has 11 aromatic carbocycles. The number of fused-ring (bicyclic) bond motifs is 5. The first-order valence-electron chi connectivity index (χ1n) is 24.5. The van der Waals surface area contributed by atoms with Gasteiger partial charge in [0, 0.05) is 22.1 Å². The minimum absolute atomic E-state index is 0.0553. The molecule has 1 aliphatic carbocycles. The van der Waals surface area contributed by atoms with Crippen LogP contribution in [0, 0.1) is 0 Å². The van der Waals surface area contributed by atoms with E-state index in [-0.39, 0.29) is 5.41 Å². The van der Waals surface area contributed by atoms with Crippen LogP contribution in [0.2, 0.25) is 0 Å². The Kier molecular flexibility index (Phi) is 10.2. The molecular weight excluding hydrogens is 857 g/mol. The van der Waals surface area contributed by atoms with Crippen LogP contribution in [-0.2, 0) is 5.41 Å². The third kappa shape index (κ3) is 7.44. The molecule has 0 N–H and O–H groups in total. The first-order valence-corrected chi connectivity index (χ1v) is 24.5. The number of hydrogen-bond acceptors (Lipinski definition) is 2. The Morgan fingerprint density at radius 2 is 0.662 bits per heavy atom. The van der Waals surface area contributed by atoms with Crippen molar-refractivity contribution in [3.8, 4) is 101 Å². The molecule has 12 aromatic rings. The molecule has 13 rings (SSSR count). The predicted molar refractivity (Wildman–Crippen MR) is 298 cm³/mol. The molecule has 0 saturated heterocycles. The maximum atomic E-state index is 5.20. The maximum absolute atomic E-state index is 5.20. The third-order valence-corrected chi connectivity index (χ3v) is 14.8. The van der Waals surface area contributed by atoms with Crippen LogP contribution in [0.3, 0.4) is 0 Å². The van der Waals surface area contributed by atoms with E-state index in [0.717, 1.165) is 33.6 Å². The van der Waals surface area contributed by atoms with Crippen molar-refractivity contribution in [2.75, 3.05) is 0 Å². The first kappa shape index (κ1) is 42.1. The summed E-state index contributed by atoms with van der Waals surface area (Å²) in [5.41, 5.74) is 22.2. The van der Waals surface area contributed by atoms with Gasteiger partial charge in [-0.15, -0.1) is 0 Å². The summed E-state index contributed by atoms with van der Waals surface area (Å²) in [4.78, 5) is 10.3. The van der Waals surface area contributed by atoms with Gasteiger partial charge in [0.2, 0.25) is 0 Å². The number of aromatic nitrogens is 2. The van der Waals surface area contributed by atoms with Crippen molar-refractivity contribution in [2.45, 2.75) is 19.3 Å². The minimum atomic E-state index is -0.0553. The molecule has 0 fully saturated rings. The highest BCUT2D eigenvalue weighted by atomic mass is 14.9. The fourth-order valence-electron chi connectivity index (χ4n) is 11.0. The van der Waals surface area contributed by atoms with Gasteiger partial charge in [0.15, 0.2) is 5.82 Å². The summed E-state index contributed by atoms with van der Waals surface area (Å²) in [6.07, 6.45) is 0. The highest BCUT2D eigenvalue weighted by Crippen LogP contribution is 2.50. The van der Waals surface area contributed by atoms with Crippen LogP contribution in [0.4, 0.5) is 0 Å². The van der Waals surface area contributed by atoms with Crippen LogP contribution in [-0.4, -0.2) is 9.97 Å². The van der Waals surface area contributed by atoms with Gasteiger partial charge >= 0.3 is 0 Å². The second-order valence-electron chi connectivity index (χ2n) is 19.3. The molecule has 71 heavy (non-hydrogen) atoms. The zero-order chi connectivity index (χ0) is 47.5.